The van der Waals surface area contributed by atoms with Gasteiger partial charge in [0.25, 0.3) is 21.8 Å². The molecule has 9 N–H and O–H groups in total. The third kappa shape index (κ3) is 8.46. The lowest BCUT2D eigenvalue weighted by molar-refractivity contribution is -0.498. The number of hydrogen-bond donors (Lipinski definition) is 7. The van der Waals surface area contributed by atoms with Crippen LogP contribution in [0.2, 0.25) is 0 Å². The molecule has 7 aliphatic rings. The minimum Gasteiger partial charge on any atom is -0.487 e. The molecule has 0 bridgehead atoms. The van der Waals surface area contributed by atoms with E-state index in [0.29, 0.717) is 108 Å². The SMILES string of the molecule is Cc1c(C)c(S(=O)(=O)NC(N)=NCCC[C@H](N)C(=O)NCCCCCNC(=O)c2ccc(C(=O)N[C@H](C)C(=O)N3C[C@@H](O)C[C@H]3B3OC4C5C[C@@H]6C[C@H]7C56C4[C@@]7(C)O3)c3ccccc23)c(C)c2c1OC(C)(C)C2. The topological polar surface area (TPSA) is 266 Å². The number of ether oxygens (including phenoxy) is 1. The van der Waals surface area contributed by atoms with Crippen molar-refractivity contribution in [1.29, 1.82) is 0 Å². The summed E-state index contributed by atoms with van der Waals surface area (Å²) in [7, 11) is -4.66. The molecule has 18 nitrogen and oxygen atoms in total. The number of carbonyl (C=O) groups is 4. The molecule has 10 rings (SSSR count). The van der Waals surface area contributed by atoms with Gasteiger partial charge in [-0.2, -0.15) is 0 Å². The number of rotatable bonds is 18. The molecule has 6 fully saturated rings. The van der Waals surface area contributed by atoms with Gasteiger partial charge in [0, 0.05) is 55.2 Å². The number of benzene rings is 3. The van der Waals surface area contributed by atoms with Crippen molar-refractivity contribution in [3.63, 3.8) is 0 Å². The highest BCUT2D eigenvalue weighted by atomic mass is 32.2. The molecule has 1 spiro atoms. The van der Waals surface area contributed by atoms with Gasteiger partial charge in [0.15, 0.2) is 0 Å². The van der Waals surface area contributed by atoms with Gasteiger partial charge in [-0.05, 0) is 163 Å². The maximum Gasteiger partial charge on any atom is 0.481 e. The second kappa shape index (κ2) is 18.8. The van der Waals surface area contributed by atoms with E-state index < -0.39 is 52.8 Å². The standard InChI is InChI=1S/C53H71BN8O10S/c1-27-28(2)44(29(3)37-25-51(5,6)70-42(27)37)73(68,69)61-50(56)59-21-13-16-39(55)48(66)58-20-12-8-11-19-57-46(64)35-17-18-36(34-15-10-9-14-33(34)35)47(65)60-30(4)49(67)62-26-32(63)24-41(62)54-71-43-38-22-31-23-40-52(7,72-54)45(43)53(31,38)40/h9-10,14-15,17-18,30-32,38-41,43,45,63H,8,11-13,16,19-26,55H2,1-7H3,(H,57,64)(H,58,66)(H,60,65)(H3,56,59,61)/t30-,31-,32+,38?,39+,40-,41+,43?,45?,52+,53?/m1/s1. The fourth-order valence-electron chi connectivity index (χ4n) is 14.4. The van der Waals surface area contributed by atoms with Gasteiger partial charge >= 0.3 is 7.12 Å². The predicted octanol–water partition coefficient (Wildman–Crippen LogP) is 3.46. The number of carbonyl (C=O) groups excluding carboxylic acids is 4. The van der Waals surface area contributed by atoms with E-state index in [0.717, 1.165) is 29.2 Å². The molecule has 3 aliphatic heterocycles. The summed E-state index contributed by atoms with van der Waals surface area (Å²) in [6, 6.07) is 8.71. The van der Waals surface area contributed by atoms with Crippen LogP contribution in [0.4, 0.5) is 0 Å². The molecular weight excluding hydrogens is 952 g/mol. The largest absolute Gasteiger partial charge is 0.487 e. The second-order valence-corrected chi connectivity index (χ2v) is 24.3. The molecule has 0 aromatic heterocycles. The average molecular weight is 1020 g/mol. The van der Waals surface area contributed by atoms with Crippen LogP contribution in [-0.4, -0.2) is 123 Å². The van der Waals surface area contributed by atoms with Crippen LogP contribution in [0.15, 0.2) is 46.3 Å². The number of hydrogen-bond acceptors (Lipinski definition) is 12. The number of amides is 4. The van der Waals surface area contributed by atoms with Gasteiger partial charge in [0.05, 0.1) is 34.7 Å². The number of aliphatic hydroxyl groups is 1. The van der Waals surface area contributed by atoms with Crippen molar-refractivity contribution in [3.8, 4) is 5.75 Å². The Kier molecular flexibility index (Phi) is 13.2. The fraction of sp³-hybridized carbons (Fsp3) is 0.604. The number of nitrogens with zero attached hydrogens (tertiary/aromatic N) is 2. The van der Waals surface area contributed by atoms with E-state index in [2.05, 4.69) is 32.6 Å². The van der Waals surface area contributed by atoms with Crippen LogP contribution in [-0.2, 0) is 35.3 Å². The maximum atomic E-state index is 14.0. The zero-order valence-corrected chi connectivity index (χ0v) is 43.8. The van der Waals surface area contributed by atoms with E-state index in [4.69, 9.17) is 25.5 Å². The molecule has 2 saturated heterocycles. The first-order chi connectivity index (χ1) is 34.6. The van der Waals surface area contributed by atoms with Crippen LogP contribution < -0.4 is 36.9 Å². The number of nitrogens with two attached hydrogens (primary N) is 2. The number of guanidine groups is 1. The van der Waals surface area contributed by atoms with E-state index in [-0.39, 0.29) is 53.4 Å². The first kappa shape index (κ1) is 51.2. The Hall–Kier alpha value is -5.28. The summed E-state index contributed by atoms with van der Waals surface area (Å²) in [5, 5.41) is 20.7. The van der Waals surface area contributed by atoms with Crippen LogP contribution in [0.3, 0.4) is 0 Å². The molecule has 73 heavy (non-hydrogen) atoms. The van der Waals surface area contributed by atoms with Crippen molar-refractivity contribution < 1.29 is 46.7 Å². The van der Waals surface area contributed by atoms with Crippen LogP contribution in [0.1, 0.15) is 122 Å². The summed E-state index contributed by atoms with van der Waals surface area (Å²) >= 11 is 0. The van der Waals surface area contributed by atoms with Gasteiger partial charge in [0.2, 0.25) is 17.8 Å². The quantitative estimate of drug-likeness (QED) is 0.0418. The van der Waals surface area contributed by atoms with Crippen LogP contribution in [0.5, 0.6) is 5.75 Å². The van der Waals surface area contributed by atoms with Gasteiger partial charge in [0.1, 0.15) is 17.4 Å². The zero-order valence-electron chi connectivity index (χ0n) is 43.0. The maximum absolute atomic E-state index is 14.0. The van der Waals surface area contributed by atoms with Crippen molar-refractivity contribution in [1.82, 2.24) is 25.6 Å². The molecule has 20 heteroatoms. The fourth-order valence-corrected chi connectivity index (χ4v) is 15.9. The van der Waals surface area contributed by atoms with Gasteiger partial charge in [-0.15, -0.1) is 0 Å². The summed E-state index contributed by atoms with van der Waals surface area (Å²) in [6.45, 7) is 14.3. The molecule has 0 radical (unpaired) electrons. The first-order valence-electron chi connectivity index (χ1n) is 26.2. The molecule has 3 aromatic rings. The molecular formula is C53H71BN8O10S. The molecule has 4 aliphatic carbocycles. The van der Waals surface area contributed by atoms with Gasteiger partial charge in [-0.3, -0.25) is 24.2 Å². The Morgan fingerprint density at radius 1 is 0.918 bits per heavy atom. The number of unbranched alkanes of at least 4 members (excludes halogenated alkanes) is 2. The van der Waals surface area contributed by atoms with Gasteiger partial charge in [-0.25, -0.2) is 13.1 Å². The van der Waals surface area contributed by atoms with Crippen LogP contribution >= 0.6 is 0 Å². The van der Waals surface area contributed by atoms with Crippen LogP contribution in [0, 0.1) is 49.9 Å². The molecule has 4 unspecified atom stereocenters. The van der Waals surface area contributed by atoms with Crippen molar-refractivity contribution in [2.45, 2.75) is 153 Å². The van der Waals surface area contributed by atoms with E-state index >= 15 is 0 Å². The van der Waals surface area contributed by atoms with Gasteiger partial charge in [-0.1, -0.05) is 24.3 Å². The van der Waals surface area contributed by atoms with Crippen molar-refractivity contribution >= 4 is 57.5 Å². The number of aliphatic hydroxyl groups excluding tert-OH is 1. The Morgan fingerprint density at radius 2 is 1.60 bits per heavy atom. The third-order valence-corrected chi connectivity index (χ3v) is 19.5. The molecule has 11 atom stereocenters. The molecule has 392 valence electrons. The Morgan fingerprint density at radius 3 is 2.30 bits per heavy atom. The lowest BCUT2D eigenvalue weighted by Gasteiger charge is -2.94. The summed E-state index contributed by atoms with van der Waals surface area (Å²) in [6.07, 6.45) is 5.56. The lowest BCUT2D eigenvalue weighted by Crippen LogP contribution is -2.97. The minimum atomic E-state index is -4.03. The summed E-state index contributed by atoms with van der Waals surface area (Å²) in [4.78, 5) is 60.0. The number of fused-ring (bicyclic) bond motifs is 4. The molecule has 4 saturated carbocycles. The molecule has 4 amide bonds. The monoisotopic (exact) mass is 1020 g/mol. The number of β-amino-alcohol motifs (C(OH)–C–C–N with tert-alkyl or cyclic N) is 1. The van der Waals surface area contributed by atoms with E-state index in [1.54, 1.807) is 62.1 Å². The predicted molar refractivity (Wildman–Crippen MR) is 275 cm³/mol. The number of aliphatic imine (C=N–C) groups is 1. The Bertz CT molecular complexity index is 2920. The first-order valence-corrected chi connectivity index (χ1v) is 27.7. The third-order valence-electron chi connectivity index (χ3n) is 17.8. The number of sulfonamides is 1. The molecule has 3 heterocycles. The minimum absolute atomic E-state index is 0.135. The second-order valence-electron chi connectivity index (χ2n) is 22.7. The summed E-state index contributed by atoms with van der Waals surface area (Å²) < 4.78 is 48.8. The highest BCUT2D eigenvalue weighted by Crippen LogP contribution is 2.92. The van der Waals surface area contributed by atoms with E-state index in [1.807, 2.05) is 20.8 Å². The van der Waals surface area contributed by atoms with E-state index in [9.17, 15) is 32.7 Å². The van der Waals surface area contributed by atoms with Gasteiger partial charge < -0.3 is 51.5 Å². The summed E-state index contributed by atoms with van der Waals surface area (Å²) in [5.74, 6) is 1.04. The summed E-state index contributed by atoms with van der Waals surface area (Å²) in [5.41, 5.74) is 15.5. The van der Waals surface area contributed by atoms with Crippen molar-refractivity contribution in [2.24, 2.45) is 45.5 Å². The average Bonchev–Trinajstić information content (AvgIpc) is 3.88. The van der Waals surface area contributed by atoms with Crippen LogP contribution in [0.25, 0.3) is 10.8 Å². The van der Waals surface area contributed by atoms with Crippen molar-refractivity contribution in [3.05, 3.63) is 69.8 Å². The normalized spacial score (nSPS) is 29.7. The van der Waals surface area contributed by atoms with Crippen molar-refractivity contribution in [2.75, 3.05) is 26.2 Å². The number of likely N-dealkylation sites (tertiary alicyclic amines) is 1. The lowest BCUT2D eigenvalue weighted by atomic mass is 9.13. The van der Waals surface area contributed by atoms with E-state index in [1.165, 1.54) is 12.8 Å². The highest BCUT2D eigenvalue weighted by Gasteiger charge is 2.94. The Balaban J connectivity index is 0.638. The smallest absolute Gasteiger partial charge is 0.481 e. The highest BCUT2D eigenvalue weighted by molar-refractivity contribution is 7.90. The number of nitrogens with one attached hydrogen (secondary N) is 4. The Labute approximate surface area is 428 Å². The zero-order chi connectivity index (χ0) is 52.1. The molecule has 3 aromatic carbocycles.